The molecule has 70 valence electrons. The molecule has 0 unspecified atom stereocenters. The average molecular weight is 210 g/mol. The second kappa shape index (κ2) is 3.96. The summed E-state index contributed by atoms with van der Waals surface area (Å²) in [4.78, 5) is 0. The van der Waals surface area contributed by atoms with Crippen LogP contribution in [0.25, 0.3) is 15.7 Å². The first-order valence-electron chi connectivity index (χ1n) is 4.32. The van der Waals surface area contributed by atoms with Crippen LogP contribution in [0.3, 0.4) is 0 Å². The lowest BCUT2D eigenvalue weighted by molar-refractivity contribution is 1.51. The van der Waals surface area contributed by atoms with Crippen LogP contribution in [-0.4, -0.2) is 0 Å². The monoisotopic (exact) mass is 210 g/mol. The lowest BCUT2D eigenvalue weighted by atomic mass is 10.1. The molecule has 0 amide bonds. The van der Waals surface area contributed by atoms with E-state index in [0.29, 0.717) is 5.57 Å². The van der Waals surface area contributed by atoms with E-state index < -0.39 is 0 Å². The number of allylic oxidation sites excluding steroid dienone is 2. The van der Waals surface area contributed by atoms with Gasteiger partial charge in [-0.25, -0.2) is 0 Å². The van der Waals surface area contributed by atoms with Gasteiger partial charge in [-0.05, 0) is 34.5 Å². The quantitative estimate of drug-likeness (QED) is 0.678. The number of rotatable bonds is 1. The molecule has 1 heterocycles. The van der Waals surface area contributed by atoms with Crippen LogP contribution in [0.2, 0.25) is 0 Å². The van der Waals surface area contributed by atoms with Crippen molar-refractivity contribution in [1.29, 1.82) is 10.5 Å². The molecular weight excluding hydrogens is 204 g/mol. The molecule has 0 saturated carbocycles. The summed E-state index contributed by atoms with van der Waals surface area (Å²) in [5, 5.41) is 20.5. The van der Waals surface area contributed by atoms with E-state index >= 15 is 0 Å². The summed E-state index contributed by atoms with van der Waals surface area (Å²) >= 11 is 1.66. The van der Waals surface area contributed by atoms with Gasteiger partial charge in [0.05, 0.1) is 11.6 Å². The Kier molecular flexibility index (Phi) is 2.49. The second-order valence-corrected chi connectivity index (χ2v) is 3.92. The van der Waals surface area contributed by atoms with Crippen LogP contribution in [0.1, 0.15) is 5.56 Å². The Morgan fingerprint density at radius 1 is 1.27 bits per heavy atom. The van der Waals surface area contributed by atoms with Gasteiger partial charge in [-0.15, -0.1) is 11.3 Å². The summed E-state index contributed by atoms with van der Waals surface area (Å²) in [6.45, 7) is 0. The molecule has 0 aliphatic rings. The van der Waals surface area contributed by atoms with Gasteiger partial charge in [0.2, 0.25) is 0 Å². The van der Waals surface area contributed by atoms with Crippen molar-refractivity contribution >= 4 is 27.0 Å². The molecule has 0 N–H and O–H groups in total. The maximum Gasteiger partial charge on any atom is 0.101 e. The fraction of sp³-hybridized carbons (Fsp3) is 0. The van der Waals surface area contributed by atoms with Gasteiger partial charge in [-0.1, -0.05) is 6.07 Å². The van der Waals surface area contributed by atoms with Crippen molar-refractivity contribution in [2.75, 3.05) is 0 Å². The largest absolute Gasteiger partial charge is 0.193 e. The third kappa shape index (κ3) is 1.74. The molecule has 0 aliphatic heterocycles. The van der Waals surface area contributed by atoms with Gasteiger partial charge in [0.25, 0.3) is 0 Å². The topological polar surface area (TPSA) is 47.6 Å². The maximum atomic E-state index is 8.87. The summed E-state index contributed by atoms with van der Waals surface area (Å²) in [5.41, 5.74) is 1.20. The summed E-state index contributed by atoms with van der Waals surface area (Å²) in [5.74, 6) is 0. The van der Waals surface area contributed by atoms with Crippen molar-refractivity contribution < 1.29 is 0 Å². The highest BCUT2D eigenvalue weighted by atomic mass is 32.1. The van der Waals surface area contributed by atoms with Crippen LogP contribution in [0.4, 0.5) is 0 Å². The lowest BCUT2D eigenvalue weighted by Crippen LogP contribution is -1.79. The Bertz CT molecular complexity index is 608. The summed E-state index contributed by atoms with van der Waals surface area (Å²) in [6, 6.07) is 11.7. The van der Waals surface area contributed by atoms with Crippen molar-refractivity contribution in [3.8, 4) is 12.1 Å². The highest BCUT2D eigenvalue weighted by molar-refractivity contribution is 7.17. The van der Waals surface area contributed by atoms with E-state index in [1.165, 1.54) is 10.8 Å². The van der Waals surface area contributed by atoms with E-state index in [0.717, 1.165) is 10.9 Å². The Morgan fingerprint density at radius 2 is 2.13 bits per heavy atom. The minimum absolute atomic E-state index is 0.408. The highest BCUT2D eigenvalue weighted by Gasteiger charge is 2.02. The van der Waals surface area contributed by atoms with E-state index in [-0.39, 0.29) is 0 Å². The summed E-state index contributed by atoms with van der Waals surface area (Å²) in [6.07, 6.45) is 1.27. The number of nitrogens with zero attached hydrogens (tertiary/aromatic N) is 2. The third-order valence-electron chi connectivity index (χ3n) is 2.09. The van der Waals surface area contributed by atoms with E-state index in [1.807, 2.05) is 41.8 Å². The molecule has 15 heavy (non-hydrogen) atoms. The van der Waals surface area contributed by atoms with E-state index in [4.69, 9.17) is 10.5 Å². The predicted molar refractivity (Wildman–Crippen MR) is 61.0 cm³/mol. The molecule has 0 fully saturated rings. The molecule has 3 heteroatoms. The number of hydrogen-bond acceptors (Lipinski definition) is 3. The van der Waals surface area contributed by atoms with E-state index in [2.05, 4.69) is 0 Å². The molecule has 0 radical (unpaired) electrons. The van der Waals surface area contributed by atoms with Gasteiger partial charge >= 0.3 is 0 Å². The summed E-state index contributed by atoms with van der Waals surface area (Å²) < 4.78 is 1.19. The number of fused-ring (bicyclic) bond motifs is 1. The Labute approximate surface area is 91.3 Å². The lowest BCUT2D eigenvalue weighted by Gasteiger charge is -1.97. The van der Waals surface area contributed by atoms with Crippen LogP contribution in [0, 0.1) is 22.7 Å². The highest BCUT2D eigenvalue weighted by Crippen LogP contribution is 2.24. The van der Waals surface area contributed by atoms with Crippen molar-refractivity contribution in [2.45, 2.75) is 0 Å². The van der Waals surface area contributed by atoms with Crippen LogP contribution in [0.5, 0.6) is 0 Å². The van der Waals surface area contributed by atoms with Gasteiger partial charge in [-0.2, -0.15) is 10.5 Å². The molecule has 2 nitrogen and oxygen atoms in total. The minimum Gasteiger partial charge on any atom is -0.193 e. The van der Waals surface area contributed by atoms with Crippen molar-refractivity contribution in [3.05, 3.63) is 41.3 Å². The molecular formula is C12H6N2S. The summed E-state index contributed by atoms with van der Waals surface area (Å²) in [7, 11) is 0. The first-order valence-corrected chi connectivity index (χ1v) is 5.20. The first-order chi connectivity index (χ1) is 7.35. The number of hydrogen-bond donors (Lipinski definition) is 0. The molecule has 2 rings (SSSR count). The number of thiophene rings is 1. The van der Waals surface area contributed by atoms with Gasteiger partial charge < -0.3 is 0 Å². The molecule has 1 aromatic heterocycles. The zero-order valence-electron chi connectivity index (χ0n) is 7.77. The zero-order chi connectivity index (χ0) is 10.7. The maximum absolute atomic E-state index is 8.87. The number of benzene rings is 1. The second-order valence-electron chi connectivity index (χ2n) is 2.97. The fourth-order valence-corrected chi connectivity index (χ4v) is 2.15. The normalized spacial score (nSPS) is 10.9. The van der Waals surface area contributed by atoms with Gasteiger partial charge in [0.1, 0.15) is 6.07 Å². The molecule has 0 bridgehead atoms. The molecule has 1 aromatic carbocycles. The average Bonchev–Trinajstić information content (AvgIpc) is 2.72. The van der Waals surface area contributed by atoms with E-state index in [1.54, 1.807) is 11.3 Å². The van der Waals surface area contributed by atoms with Crippen molar-refractivity contribution in [3.63, 3.8) is 0 Å². The number of nitriles is 2. The van der Waals surface area contributed by atoms with E-state index in [9.17, 15) is 0 Å². The minimum atomic E-state index is 0.408. The molecule has 0 spiro atoms. The van der Waals surface area contributed by atoms with Gasteiger partial charge in [0, 0.05) is 10.8 Å². The molecule has 0 saturated heterocycles. The predicted octanol–water partition coefficient (Wildman–Crippen LogP) is 3.33. The SMILES string of the molecule is N#C/C=C(\C#N)c1ccc2sccc2c1. The first kappa shape index (κ1) is 9.45. The van der Waals surface area contributed by atoms with Gasteiger partial charge in [0.15, 0.2) is 0 Å². The van der Waals surface area contributed by atoms with Crippen molar-refractivity contribution in [1.82, 2.24) is 0 Å². The van der Waals surface area contributed by atoms with Crippen LogP contribution in [-0.2, 0) is 0 Å². The third-order valence-corrected chi connectivity index (χ3v) is 2.99. The smallest absolute Gasteiger partial charge is 0.101 e. The van der Waals surface area contributed by atoms with Crippen molar-refractivity contribution in [2.24, 2.45) is 0 Å². The Hall–Kier alpha value is -2.10. The Balaban J connectivity index is 2.58. The van der Waals surface area contributed by atoms with Gasteiger partial charge in [-0.3, -0.25) is 0 Å². The zero-order valence-corrected chi connectivity index (χ0v) is 8.58. The standard InChI is InChI=1S/C12H6N2S/c13-5-3-11(8-14)9-1-2-12-10(7-9)4-6-15-12/h1-4,6-7H/b11-3+. The fourth-order valence-electron chi connectivity index (χ4n) is 1.38. The molecule has 0 aliphatic carbocycles. The van der Waals surface area contributed by atoms with Crippen LogP contribution >= 0.6 is 11.3 Å². The van der Waals surface area contributed by atoms with Crippen LogP contribution < -0.4 is 0 Å². The molecule has 0 atom stereocenters. The molecule has 2 aromatic rings. The Morgan fingerprint density at radius 3 is 2.87 bits per heavy atom. The van der Waals surface area contributed by atoms with Crippen LogP contribution in [0.15, 0.2) is 35.7 Å².